The van der Waals surface area contributed by atoms with Gasteiger partial charge in [0.2, 0.25) is 5.91 Å². The largest absolute Gasteiger partial charge is 0.367 e. The van der Waals surface area contributed by atoms with Gasteiger partial charge in [-0.05, 0) is 81.8 Å². The lowest BCUT2D eigenvalue weighted by molar-refractivity contribution is -0.143. The SMILES string of the molecule is CC(C)N1CCC(c2ccc(C(=O)NC3(C(=O)N4C[C@H](N=[N+]=[N-])[C@H]5OCC(=O)[C@H]54)CCCCC3)cc2)CC1. The van der Waals surface area contributed by atoms with E-state index in [2.05, 4.69) is 34.1 Å². The Labute approximate surface area is 223 Å². The molecular weight excluding hydrogens is 484 g/mol. The average Bonchev–Trinajstić information content (AvgIpc) is 3.49. The number of carbonyl (C=O) groups excluding carboxylic acids is 3. The first kappa shape index (κ1) is 26.7. The van der Waals surface area contributed by atoms with E-state index in [1.807, 2.05) is 24.3 Å². The number of ether oxygens (including phenoxy) is 1. The van der Waals surface area contributed by atoms with E-state index in [0.717, 1.165) is 45.2 Å². The molecule has 10 nitrogen and oxygen atoms in total. The zero-order chi connectivity index (χ0) is 26.9. The summed E-state index contributed by atoms with van der Waals surface area (Å²) in [4.78, 5) is 47.0. The van der Waals surface area contributed by atoms with Crippen molar-refractivity contribution in [2.75, 3.05) is 26.2 Å². The Balaban J connectivity index is 1.31. The van der Waals surface area contributed by atoms with E-state index in [0.29, 0.717) is 30.4 Å². The van der Waals surface area contributed by atoms with E-state index >= 15 is 0 Å². The normalized spacial score (nSPS) is 27.7. The molecule has 204 valence electrons. The molecule has 0 unspecified atom stereocenters. The van der Waals surface area contributed by atoms with Gasteiger partial charge in [0.15, 0.2) is 5.78 Å². The third-order valence-corrected chi connectivity index (χ3v) is 8.99. The van der Waals surface area contributed by atoms with Gasteiger partial charge < -0.3 is 19.9 Å². The summed E-state index contributed by atoms with van der Waals surface area (Å²) in [5.74, 6) is -0.251. The van der Waals surface area contributed by atoms with Crippen LogP contribution in [0.25, 0.3) is 10.4 Å². The number of likely N-dealkylation sites (tertiary alicyclic amines) is 2. The van der Waals surface area contributed by atoms with E-state index in [1.54, 1.807) is 0 Å². The number of piperidine rings is 1. The van der Waals surface area contributed by atoms with E-state index in [9.17, 15) is 14.4 Å². The van der Waals surface area contributed by atoms with Crippen molar-refractivity contribution in [1.29, 1.82) is 0 Å². The second kappa shape index (κ2) is 11.0. The van der Waals surface area contributed by atoms with Crippen molar-refractivity contribution >= 4 is 17.6 Å². The highest BCUT2D eigenvalue weighted by atomic mass is 16.5. The summed E-state index contributed by atoms with van der Waals surface area (Å²) in [6, 6.07) is 6.99. The number of fused-ring (bicyclic) bond motifs is 1. The first-order valence-corrected chi connectivity index (χ1v) is 14.0. The van der Waals surface area contributed by atoms with Crippen molar-refractivity contribution in [2.45, 2.75) is 94.5 Å². The fraction of sp³-hybridized carbons (Fsp3) is 0.679. The van der Waals surface area contributed by atoms with Gasteiger partial charge in [-0.1, -0.05) is 36.5 Å². The lowest BCUT2D eigenvalue weighted by Crippen LogP contribution is -2.62. The molecule has 10 heteroatoms. The zero-order valence-corrected chi connectivity index (χ0v) is 22.3. The Morgan fingerprint density at radius 2 is 1.82 bits per heavy atom. The molecule has 1 saturated carbocycles. The molecule has 2 amide bonds. The molecule has 1 aromatic rings. The fourth-order valence-electron chi connectivity index (χ4n) is 6.78. The minimum atomic E-state index is -1.09. The molecule has 3 aliphatic heterocycles. The van der Waals surface area contributed by atoms with Crippen LogP contribution >= 0.6 is 0 Å². The smallest absolute Gasteiger partial charge is 0.252 e. The Hall–Kier alpha value is -2.94. The number of benzene rings is 1. The van der Waals surface area contributed by atoms with Gasteiger partial charge in [-0.2, -0.15) is 0 Å². The highest BCUT2D eigenvalue weighted by Gasteiger charge is 2.56. The van der Waals surface area contributed by atoms with Crippen LogP contribution in [-0.2, 0) is 14.3 Å². The maximum atomic E-state index is 14.0. The predicted octanol–water partition coefficient (Wildman–Crippen LogP) is 3.56. The quantitative estimate of drug-likeness (QED) is 0.347. The molecule has 5 rings (SSSR count). The summed E-state index contributed by atoms with van der Waals surface area (Å²) < 4.78 is 5.59. The number of rotatable bonds is 6. The molecule has 4 aliphatic rings. The van der Waals surface area contributed by atoms with E-state index in [4.69, 9.17) is 10.3 Å². The molecule has 0 bridgehead atoms. The highest BCUT2D eigenvalue weighted by Crippen LogP contribution is 2.36. The monoisotopic (exact) mass is 522 g/mol. The second-order valence-corrected chi connectivity index (χ2v) is 11.5. The number of Topliss-reactive ketones (excluding diaryl/α,β-unsaturated/α-hetero) is 1. The van der Waals surface area contributed by atoms with Gasteiger partial charge in [0, 0.05) is 23.1 Å². The molecule has 1 aliphatic carbocycles. The molecule has 3 heterocycles. The summed E-state index contributed by atoms with van der Waals surface area (Å²) >= 11 is 0. The summed E-state index contributed by atoms with van der Waals surface area (Å²) in [5, 5.41) is 6.88. The lowest BCUT2D eigenvalue weighted by Gasteiger charge is -2.40. The number of nitrogens with zero attached hydrogens (tertiary/aromatic N) is 5. The van der Waals surface area contributed by atoms with Crippen LogP contribution in [-0.4, -0.2) is 83.4 Å². The third kappa shape index (κ3) is 5.05. The van der Waals surface area contributed by atoms with Crippen LogP contribution in [0, 0.1) is 0 Å². The van der Waals surface area contributed by atoms with Crippen molar-refractivity contribution in [2.24, 2.45) is 5.11 Å². The van der Waals surface area contributed by atoms with Crippen LogP contribution in [0.1, 0.15) is 80.6 Å². The fourth-order valence-corrected chi connectivity index (χ4v) is 6.78. The molecule has 0 radical (unpaired) electrons. The molecule has 38 heavy (non-hydrogen) atoms. The number of carbonyl (C=O) groups is 3. The summed E-state index contributed by atoms with van der Waals surface area (Å²) in [6.07, 6.45) is 5.23. The van der Waals surface area contributed by atoms with Crippen LogP contribution in [0.5, 0.6) is 0 Å². The predicted molar refractivity (Wildman–Crippen MR) is 142 cm³/mol. The molecule has 1 N–H and O–H groups in total. The molecule has 1 aromatic carbocycles. The molecular formula is C28H38N6O4. The average molecular weight is 523 g/mol. The van der Waals surface area contributed by atoms with Crippen molar-refractivity contribution in [3.05, 3.63) is 45.8 Å². The molecule has 0 spiro atoms. The topological polar surface area (TPSA) is 128 Å². The summed E-state index contributed by atoms with van der Waals surface area (Å²) in [6.45, 7) is 6.66. The summed E-state index contributed by atoms with van der Waals surface area (Å²) in [5.41, 5.74) is 9.66. The van der Waals surface area contributed by atoms with E-state index < -0.39 is 23.7 Å². The van der Waals surface area contributed by atoms with Crippen LogP contribution in [0.4, 0.5) is 0 Å². The Morgan fingerprint density at radius 3 is 2.45 bits per heavy atom. The standard InChI is InChI=1S/C28H38N6O4/c1-18(2)33-14-10-20(11-15-33)19-6-8-21(9-7-19)26(36)30-28(12-4-3-5-13-28)27(37)34-16-22(31-32-29)25-24(34)23(35)17-38-25/h6-9,18,20,22,24-25H,3-5,10-17H2,1-2H3,(H,30,36)/t22-,24+,25+/m0/s1. The molecule has 3 saturated heterocycles. The van der Waals surface area contributed by atoms with Gasteiger partial charge in [-0.25, -0.2) is 0 Å². The number of hydrogen-bond acceptors (Lipinski definition) is 6. The van der Waals surface area contributed by atoms with Crippen molar-refractivity contribution in [3.63, 3.8) is 0 Å². The number of ketones is 1. The van der Waals surface area contributed by atoms with Crippen LogP contribution in [0.3, 0.4) is 0 Å². The maximum Gasteiger partial charge on any atom is 0.252 e. The zero-order valence-electron chi connectivity index (χ0n) is 22.3. The Bertz CT molecular complexity index is 1100. The Morgan fingerprint density at radius 1 is 1.13 bits per heavy atom. The van der Waals surface area contributed by atoms with Crippen LogP contribution in [0.2, 0.25) is 0 Å². The second-order valence-electron chi connectivity index (χ2n) is 11.5. The lowest BCUT2D eigenvalue weighted by atomic mass is 9.80. The van der Waals surface area contributed by atoms with E-state index in [1.165, 1.54) is 10.5 Å². The minimum Gasteiger partial charge on any atom is -0.367 e. The molecule has 4 fully saturated rings. The maximum absolute atomic E-state index is 14.0. The van der Waals surface area contributed by atoms with E-state index in [-0.39, 0.29) is 30.7 Å². The van der Waals surface area contributed by atoms with Gasteiger partial charge >= 0.3 is 0 Å². The Kier molecular flexibility index (Phi) is 7.75. The van der Waals surface area contributed by atoms with Gasteiger partial charge in [-0.15, -0.1) is 0 Å². The summed E-state index contributed by atoms with van der Waals surface area (Å²) in [7, 11) is 0. The van der Waals surface area contributed by atoms with Crippen molar-refractivity contribution < 1.29 is 19.1 Å². The number of nitrogens with one attached hydrogen (secondary N) is 1. The van der Waals surface area contributed by atoms with Crippen molar-refractivity contribution in [1.82, 2.24) is 15.1 Å². The molecule has 0 aromatic heterocycles. The first-order valence-electron chi connectivity index (χ1n) is 14.0. The number of amides is 2. The van der Waals surface area contributed by atoms with Crippen LogP contribution in [0.15, 0.2) is 29.4 Å². The van der Waals surface area contributed by atoms with Gasteiger partial charge in [0.05, 0.1) is 12.1 Å². The van der Waals surface area contributed by atoms with Crippen LogP contribution < -0.4 is 5.32 Å². The van der Waals surface area contributed by atoms with Crippen molar-refractivity contribution in [3.8, 4) is 0 Å². The number of azide groups is 1. The third-order valence-electron chi connectivity index (χ3n) is 8.99. The van der Waals surface area contributed by atoms with Gasteiger partial charge in [-0.3, -0.25) is 14.4 Å². The first-order chi connectivity index (χ1) is 18.3. The minimum absolute atomic E-state index is 0.0984. The van der Waals surface area contributed by atoms with Gasteiger partial charge in [0.25, 0.3) is 5.91 Å². The number of hydrogen-bond donors (Lipinski definition) is 1. The molecule has 3 atom stereocenters. The highest BCUT2D eigenvalue weighted by molar-refractivity contribution is 6.01. The van der Waals surface area contributed by atoms with Gasteiger partial charge in [0.1, 0.15) is 18.2 Å².